The van der Waals surface area contributed by atoms with Gasteiger partial charge in [-0.05, 0) is 44.9 Å². The lowest BCUT2D eigenvalue weighted by Crippen LogP contribution is -2.44. The Hall–Kier alpha value is -4.01. The third kappa shape index (κ3) is 5.08. The average molecular weight is 469 g/mol. The molecular formula is C26H28N8O. The molecule has 1 unspecified atom stereocenters. The van der Waals surface area contributed by atoms with E-state index in [0.29, 0.717) is 29.6 Å². The van der Waals surface area contributed by atoms with E-state index < -0.39 is 0 Å². The molecule has 9 heteroatoms. The summed E-state index contributed by atoms with van der Waals surface area (Å²) in [4.78, 5) is 32.4. The van der Waals surface area contributed by atoms with Crippen LogP contribution >= 0.6 is 0 Å². The number of likely N-dealkylation sites (tertiary alicyclic amines) is 1. The minimum Gasteiger partial charge on any atom is -0.340 e. The number of piperidine rings is 1. The highest BCUT2D eigenvalue weighted by Crippen LogP contribution is 2.32. The number of azo groups is 1. The van der Waals surface area contributed by atoms with Crippen molar-refractivity contribution in [2.45, 2.75) is 51.6 Å². The molecule has 2 aromatic heterocycles. The number of nitrogens with zero attached hydrogens (tertiary/aromatic N) is 7. The molecule has 4 heterocycles. The van der Waals surface area contributed by atoms with Crippen molar-refractivity contribution in [2.24, 2.45) is 10.2 Å². The van der Waals surface area contributed by atoms with Crippen LogP contribution in [0.1, 0.15) is 50.9 Å². The summed E-state index contributed by atoms with van der Waals surface area (Å²) in [5, 5.41) is 11.9. The van der Waals surface area contributed by atoms with Crippen molar-refractivity contribution >= 4 is 23.1 Å². The minimum atomic E-state index is 0.0455. The molecule has 0 radical (unpaired) electrons. The van der Waals surface area contributed by atoms with E-state index in [1.54, 1.807) is 25.5 Å². The van der Waals surface area contributed by atoms with E-state index in [0.717, 1.165) is 29.8 Å². The summed E-state index contributed by atoms with van der Waals surface area (Å²) >= 11 is 0. The summed E-state index contributed by atoms with van der Waals surface area (Å²) in [5.41, 5.74) is 4.10. The second kappa shape index (κ2) is 9.69. The highest BCUT2D eigenvalue weighted by atomic mass is 16.2. The summed E-state index contributed by atoms with van der Waals surface area (Å²) in [6.07, 6.45) is 8.85. The highest BCUT2D eigenvalue weighted by molar-refractivity contribution is 5.74. The van der Waals surface area contributed by atoms with Gasteiger partial charge in [0, 0.05) is 55.1 Å². The second-order valence-electron chi connectivity index (χ2n) is 9.10. The Morgan fingerprint density at radius 2 is 1.97 bits per heavy atom. The third-order valence-corrected chi connectivity index (χ3v) is 6.40. The zero-order chi connectivity index (χ0) is 24.4. The lowest BCUT2D eigenvalue weighted by molar-refractivity contribution is -0.132. The van der Waals surface area contributed by atoms with Crippen LogP contribution in [0.25, 0.3) is 17.1 Å². The fraction of sp³-hybridized carbons (Fsp3) is 0.346. The van der Waals surface area contributed by atoms with Crippen molar-refractivity contribution in [3.05, 3.63) is 66.4 Å². The first-order valence-electron chi connectivity index (χ1n) is 11.9. The van der Waals surface area contributed by atoms with Gasteiger partial charge in [-0.1, -0.05) is 12.1 Å². The molecule has 0 aliphatic carbocycles. The molecular weight excluding hydrogens is 440 g/mol. The molecule has 5 rings (SSSR count). The summed E-state index contributed by atoms with van der Waals surface area (Å²) in [6.45, 7) is 6.32. The van der Waals surface area contributed by atoms with Gasteiger partial charge in [-0.25, -0.2) is 9.97 Å². The van der Waals surface area contributed by atoms with E-state index in [1.807, 2.05) is 48.2 Å². The lowest BCUT2D eigenvalue weighted by atomic mass is 9.92. The first kappa shape index (κ1) is 22.8. The van der Waals surface area contributed by atoms with Crippen molar-refractivity contribution in [1.29, 1.82) is 0 Å². The van der Waals surface area contributed by atoms with Crippen LogP contribution in [0.2, 0.25) is 0 Å². The third-order valence-electron chi connectivity index (χ3n) is 6.40. The zero-order valence-electron chi connectivity index (χ0n) is 20.1. The predicted molar refractivity (Wildman–Crippen MR) is 134 cm³/mol. The molecule has 1 saturated heterocycles. The molecule has 1 aromatic carbocycles. The Kier molecular flexibility index (Phi) is 6.31. The van der Waals surface area contributed by atoms with E-state index in [-0.39, 0.29) is 23.9 Å². The van der Waals surface area contributed by atoms with Crippen LogP contribution < -0.4 is 5.32 Å². The van der Waals surface area contributed by atoms with Crippen molar-refractivity contribution in [1.82, 2.24) is 24.8 Å². The van der Waals surface area contributed by atoms with E-state index in [2.05, 4.69) is 32.4 Å². The van der Waals surface area contributed by atoms with Crippen LogP contribution in [0.3, 0.4) is 0 Å². The normalized spacial score (nSPS) is 21.6. The first-order valence-corrected chi connectivity index (χ1v) is 11.9. The Morgan fingerprint density at radius 1 is 1.09 bits per heavy atom. The Labute approximate surface area is 204 Å². The topological polar surface area (TPSA) is 109 Å². The molecule has 0 saturated carbocycles. The standard InChI is InChI=1S/C26H28N8O/c1-16-11-22(33-32-16)19-5-4-6-21(12-19)29-25-13-23(24-14-27-9-10-28-24)30-26(31-25)20-8-7-17(2)34(15-20)18(3)35/h4-6,9-14,16-17,20H,7-8,15H2,1-3H3,(H,29,30,31)/t16?,17-,20+/m0/s1. The smallest absolute Gasteiger partial charge is 0.219 e. The summed E-state index contributed by atoms with van der Waals surface area (Å²) in [7, 11) is 0. The number of hydrogen-bond acceptors (Lipinski definition) is 8. The quantitative estimate of drug-likeness (QED) is 0.565. The number of rotatable bonds is 5. The maximum atomic E-state index is 12.2. The Morgan fingerprint density at radius 3 is 2.71 bits per heavy atom. The number of carbonyl (C=O) groups excluding carboxylic acids is 1. The van der Waals surface area contributed by atoms with Crippen molar-refractivity contribution in [3.8, 4) is 11.4 Å². The van der Waals surface area contributed by atoms with Crippen molar-refractivity contribution in [2.75, 3.05) is 11.9 Å². The van der Waals surface area contributed by atoms with Gasteiger partial charge in [0.05, 0.1) is 23.6 Å². The highest BCUT2D eigenvalue weighted by Gasteiger charge is 2.30. The summed E-state index contributed by atoms with van der Waals surface area (Å²) in [6, 6.07) is 10.2. The SMILES string of the molecule is CC(=O)N1C[C@H](c2nc(Nc3cccc(C4=CC(C)N=N4)c3)cc(-c3cnccn3)n2)CC[C@@H]1C. The summed E-state index contributed by atoms with van der Waals surface area (Å²) in [5.74, 6) is 1.49. The number of anilines is 2. The van der Waals surface area contributed by atoms with Crippen molar-refractivity contribution < 1.29 is 4.79 Å². The second-order valence-corrected chi connectivity index (χ2v) is 9.10. The summed E-state index contributed by atoms with van der Waals surface area (Å²) < 4.78 is 0. The van der Waals surface area contributed by atoms with Gasteiger partial charge in [0.2, 0.25) is 5.91 Å². The van der Waals surface area contributed by atoms with Crippen LogP contribution in [0.4, 0.5) is 11.5 Å². The van der Waals surface area contributed by atoms with E-state index >= 15 is 0 Å². The Balaban J connectivity index is 1.49. The van der Waals surface area contributed by atoms with Gasteiger partial charge in [0.1, 0.15) is 17.3 Å². The first-order chi connectivity index (χ1) is 17.0. The molecule has 3 aromatic rings. The molecule has 0 bridgehead atoms. The van der Waals surface area contributed by atoms with Gasteiger partial charge < -0.3 is 10.2 Å². The molecule has 1 N–H and O–H groups in total. The molecule has 1 fully saturated rings. The number of carbonyl (C=O) groups is 1. The monoisotopic (exact) mass is 468 g/mol. The van der Waals surface area contributed by atoms with Gasteiger partial charge in [-0.15, -0.1) is 0 Å². The number of nitrogens with one attached hydrogen (secondary N) is 1. The number of aromatic nitrogens is 4. The Bertz CT molecular complexity index is 1290. The number of amides is 1. The maximum absolute atomic E-state index is 12.2. The molecule has 2 aliphatic rings. The van der Waals surface area contributed by atoms with Crippen LogP contribution in [0.5, 0.6) is 0 Å². The van der Waals surface area contributed by atoms with Crippen LogP contribution in [-0.4, -0.2) is 49.4 Å². The zero-order valence-corrected chi connectivity index (χ0v) is 20.1. The lowest BCUT2D eigenvalue weighted by Gasteiger charge is -2.37. The van der Waals surface area contributed by atoms with Gasteiger partial charge in [0.15, 0.2) is 0 Å². The molecule has 0 spiro atoms. The largest absolute Gasteiger partial charge is 0.340 e. The minimum absolute atomic E-state index is 0.0455. The van der Waals surface area contributed by atoms with Gasteiger partial charge in [-0.3, -0.25) is 14.8 Å². The van der Waals surface area contributed by atoms with E-state index in [9.17, 15) is 4.79 Å². The fourth-order valence-corrected chi connectivity index (χ4v) is 4.54. The average Bonchev–Trinajstić information content (AvgIpc) is 3.31. The molecule has 35 heavy (non-hydrogen) atoms. The number of benzene rings is 1. The van der Waals surface area contributed by atoms with Gasteiger partial charge in [0.25, 0.3) is 0 Å². The van der Waals surface area contributed by atoms with Crippen LogP contribution in [0, 0.1) is 0 Å². The van der Waals surface area contributed by atoms with Gasteiger partial charge in [-0.2, -0.15) is 10.2 Å². The van der Waals surface area contributed by atoms with Crippen LogP contribution in [-0.2, 0) is 4.79 Å². The van der Waals surface area contributed by atoms with Gasteiger partial charge >= 0.3 is 0 Å². The molecule has 2 aliphatic heterocycles. The number of hydrogen-bond donors (Lipinski definition) is 1. The fourth-order valence-electron chi connectivity index (χ4n) is 4.54. The van der Waals surface area contributed by atoms with Crippen molar-refractivity contribution in [3.63, 3.8) is 0 Å². The van der Waals surface area contributed by atoms with Crippen LogP contribution in [0.15, 0.2) is 65.2 Å². The van der Waals surface area contributed by atoms with E-state index in [4.69, 9.17) is 9.97 Å². The predicted octanol–water partition coefficient (Wildman–Crippen LogP) is 4.99. The van der Waals surface area contributed by atoms with E-state index in [1.165, 1.54) is 0 Å². The maximum Gasteiger partial charge on any atom is 0.219 e. The molecule has 178 valence electrons. The molecule has 1 amide bonds. The molecule has 9 nitrogen and oxygen atoms in total. The molecule has 3 atom stereocenters.